The Labute approximate surface area is 136 Å². The molecule has 0 atom stereocenters. The molecule has 1 N–H and O–H groups in total. The van der Waals surface area contributed by atoms with Gasteiger partial charge in [0.05, 0.1) is 0 Å². The van der Waals surface area contributed by atoms with Crippen molar-refractivity contribution in [2.24, 2.45) is 11.8 Å². The van der Waals surface area contributed by atoms with E-state index in [0.29, 0.717) is 0 Å². The summed E-state index contributed by atoms with van der Waals surface area (Å²) in [6.07, 6.45) is 5.61. The zero-order valence-corrected chi connectivity index (χ0v) is 14.0. The Bertz CT molecular complexity index is 665. The van der Waals surface area contributed by atoms with Gasteiger partial charge in [0.1, 0.15) is 0 Å². The van der Waals surface area contributed by atoms with Crippen molar-refractivity contribution in [3.63, 3.8) is 0 Å². The molecule has 2 aromatic rings. The molecule has 0 saturated heterocycles. The SMILES string of the molecule is CNCC1=C(c2cccc3ccsc23)C2CCC1CC2.Cl. The van der Waals surface area contributed by atoms with Crippen LogP contribution in [0.2, 0.25) is 0 Å². The second kappa shape index (κ2) is 6.12. The normalized spacial score (nSPS) is 24.4. The Morgan fingerprint density at radius 2 is 1.86 bits per heavy atom. The van der Waals surface area contributed by atoms with Crippen molar-refractivity contribution < 1.29 is 0 Å². The summed E-state index contributed by atoms with van der Waals surface area (Å²) in [5.74, 6) is 1.63. The molecular weight excluding hydrogens is 298 g/mol. The molecular formula is C18H22ClNS. The van der Waals surface area contributed by atoms with Crippen LogP contribution in [0, 0.1) is 11.8 Å². The Morgan fingerprint density at radius 3 is 2.62 bits per heavy atom. The van der Waals surface area contributed by atoms with Gasteiger partial charge in [-0.3, -0.25) is 0 Å². The maximum absolute atomic E-state index is 3.41. The van der Waals surface area contributed by atoms with E-state index < -0.39 is 0 Å². The fourth-order valence-electron chi connectivity index (χ4n) is 4.24. The van der Waals surface area contributed by atoms with Crippen LogP contribution in [-0.2, 0) is 0 Å². The van der Waals surface area contributed by atoms with Crippen molar-refractivity contribution in [2.45, 2.75) is 25.7 Å². The maximum atomic E-state index is 3.41. The molecule has 5 rings (SSSR count). The first-order chi connectivity index (χ1) is 9.88. The summed E-state index contributed by atoms with van der Waals surface area (Å²) in [6, 6.07) is 9.08. The molecule has 1 heterocycles. The Morgan fingerprint density at radius 1 is 1.10 bits per heavy atom. The lowest BCUT2D eigenvalue weighted by Gasteiger charge is -2.41. The third-order valence-electron chi connectivity index (χ3n) is 5.11. The van der Waals surface area contributed by atoms with Crippen molar-refractivity contribution in [1.29, 1.82) is 0 Å². The van der Waals surface area contributed by atoms with Gasteiger partial charge in [0, 0.05) is 11.2 Å². The van der Waals surface area contributed by atoms with Crippen molar-refractivity contribution in [3.05, 3.63) is 40.8 Å². The first-order valence-corrected chi connectivity index (χ1v) is 8.60. The van der Waals surface area contributed by atoms with E-state index in [1.54, 1.807) is 11.1 Å². The van der Waals surface area contributed by atoms with Crippen LogP contribution in [0.1, 0.15) is 31.2 Å². The van der Waals surface area contributed by atoms with E-state index in [-0.39, 0.29) is 12.4 Å². The molecule has 1 aromatic carbocycles. The number of thiophene rings is 1. The minimum atomic E-state index is 0. The first-order valence-electron chi connectivity index (χ1n) is 7.72. The number of likely N-dealkylation sites (N-methyl/N-ethyl adjacent to an activating group) is 1. The van der Waals surface area contributed by atoms with Gasteiger partial charge in [-0.2, -0.15) is 0 Å². The molecule has 3 heteroatoms. The molecule has 3 aliphatic rings. The summed E-state index contributed by atoms with van der Waals surface area (Å²) < 4.78 is 1.49. The lowest BCUT2D eigenvalue weighted by Crippen LogP contribution is -2.30. The summed E-state index contributed by atoms with van der Waals surface area (Å²) in [5.41, 5.74) is 4.92. The molecule has 1 saturated carbocycles. The average Bonchev–Trinajstić information content (AvgIpc) is 2.97. The second-order valence-corrected chi connectivity index (χ2v) is 7.08. The topological polar surface area (TPSA) is 12.0 Å². The molecule has 112 valence electrons. The van der Waals surface area contributed by atoms with Crippen LogP contribution in [-0.4, -0.2) is 13.6 Å². The highest BCUT2D eigenvalue weighted by Crippen LogP contribution is 2.50. The highest BCUT2D eigenvalue weighted by Gasteiger charge is 2.35. The molecule has 1 aromatic heterocycles. The van der Waals surface area contributed by atoms with Gasteiger partial charge in [0.2, 0.25) is 0 Å². The zero-order chi connectivity index (χ0) is 13.5. The van der Waals surface area contributed by atoms with Crippen molar-refractivity contribution in [1.82, 2.24) is 5.32 Å². The Hall–Kier alpha value is -0.830. The maximum Gasteiger partial charge on any atom is 0.0417 e. The summed E-state index contributed by atoms with van der Waals surface area (Å²) in [7, 11) is 2.08. The lowest BCUT2D eigenvalue weighted by atomic mass is 9.65. The minimum absolute atomic E-state index is 0. The lowest BCUT2D eigenvalue weighted by molar-refractivity contribution is 0.319. The van der Waals surface area contributed by atoms with Gasteiger partial charge in [0.25, 0.3) is 0 Å². The highest BCUT2D eigenvalue weighted by atomic mass is 35.5. The molecule has 0 aliphatic heterocycles. The quantitative estimate of drug-likeness (QED) is 0.828. The van der Waals surface area contributed by atoms with Crippen LogP contribution in [0.3, 0.4) is 0 Å². The number of allylic oxidation sites excluding steroid dienone is 1. The van der Waals surface area contributed by atoms with Crippen LogP contribution in [0.25, 0.3) is 15.7 Å². The van der Waals surface area contributed by atoms with Crippen molar-refractivity contribution >= 4 is 39.4 Å². The number of hydrogen-bond acceptors (Lipinski definition) is 2. The number of rotatable bonds is 3. The van der Waals surface area contributed by atoms with Crippen LogP contribution < -0.4 is 5.32 Å². The second-order valence-electron chi connectivity index (χ2n) is 6.16. The van der Waals surface area contributed by atoms with Crippen molar-refractivity contribution in [3.8, 4) is 0 Å². The monoisotopic (exact) mass is 319 g/mol. The largest absolute Gasteiger partial charge is 0.316 e. The standard InChI is InChI=1S/C18H21NS.ClH/c1-19-11-16-12-5-7-13(8-6-12)17(16)15-4-2-3-14-9-10-20-18(14)15;/h2-4,9-10,12-13,19H,5-8,11H2,1H3;1H. The molecule has 0 spiro atoms. The first kappa shape index (κ1) is 15.1. The molecule has 3 aliphatic carbocycles. The van der Waals surface area contributed by atoms with Crippen molar-refractivity contribution in [2.75, 3.05) is 13.6 Å². The molecule has 2 bridgehead atoms. The van der Waals surface area contributed by atoms with E-state index in [0.717, 1.165) is 18.4 Å². The number of nitrogens with one attached hydrogen (secondary N) is 1. The zero-order valence-electron chi connectivity index (χ0n) is 12.4. The van der Waals surface area contributed by atoms with E-state index in [1.807, 2.05) is 11.3 Å². The van der Waals surface area contributed by atoms with Gasteiger partial charge in [-0.1, -0.05) is 18.2 Å². The molecule has 1 fully saturated rings. The van der Waals surface area contributed by atoms with E-state index in [4.69, 9.17) is 0 Å². The molecule has 0 amide bonds. The van der Waals surface area contributed by atoms with Gasteiger partial charge in [-0.05, 0) is 78.1 Å². The average molecular weight is 320 g/mol. The van der Waals surface area contributed by atoms with Gasteiger partial charge >= 0.3 is 0 Å². The molecule has 0 radical (unpaired) electrons. The smallest absolute Gasteiger partial charge is 0.0417 e. The molecule has 1 nitrogen and oxygen atoms in total. The van der Waals surface area contributed by atoms with E-state index in [1.165, 1.54) is 41.3 Å². The number of hydrogen-bond donors (Lipinski definition) is 1. The summed E-state index contributed by atoms with van der Waals surface area (Å²) in [5, 5.41) is 7.05. The predicted molar refractivity (Wildman–Crippen MR) is 95.4 cm³/mol. The predicted octanol–water partition coefficient (Wildman–Crippen LogP) is 5.12. The molecule has 0 unspecified atom stereocenters. The highest BCUT2D eigenvalue weighted by molar-refractivity contribution is 7.17. The number of halogens is 1. The van der Waals surface area contributed by atoms with Crippen LogP contribution in [0.15, 0.2) is 35.2 Å². The summed E-state index contributed by atoms with van der Waals surface area (Å²) in [4.78, 5) is 0. The van der Waals surface area contributed by atoms with Crippen LogP contribution >= 0.6 is 23.7 Å². The van der Waals surface area contributed by atoms with Crippen LogP contribution in [0.4, 0.5) is 0 Å². The fraction of sp³-hybridized carbons (Fsp3) is 0.444. The molecule has 21 heavy (non-hydrogen) atoms. The summed E-state index contributed by atoms with van der Waals surface area (Å²) in [6.45, 7) is 1.07. The Balaban J connectivity index is 0.00000132. The van der Waals surface area contributed by atoms with E-state index >= 15 is 0 Å². The third-order valence-corrected chi connectivity index (χ3v) is 6.07. The number of fused-ring (bicyclic) bond motifs is 3. The van der Waals surface area contributed by atoms with E-state index in [9.17, 15) is 0 Å². The third kappa shape index (κ3) is 2.44. The fourth-order valence-corrected chi connectivity index (χ4v) is 5.17. The number of benzene rings is 1. The van der Waals surface area contributed by atoms with Gasteiger partial charge < -0.3 is 5.32 Å². The van der Waals surface area contributed by atoms with Gasteiger partial charge in [0.15, 0.2) is 0 Å². The van der Waals surface area contributed by atoms with Gasteiger partial charge in [-0.15, -0.1) is 23.7 Å². The minimum Gasteiger partial charge on any atom is -0.316 e. The summed E-state index contributed by atoms with van der Waals surface area (Å²) >= 11 is 1.90. The van der Waals surface area contributed by atoms with E-state index in [2.05, 4.69) is 42.0 Å². The van der Waals surface area contributed by atoms with Gasteiger partial charge in [-0.25, -0.2) is 0 Å². The Kier molecular flexibility index (Phi) is 4.39. The van der Waals surface area contributed by atoms with Crippen LogP contribution in [0.5, 0.6) is 0 Å².